The van der Waals surface area contributed by atoms with Crippen molar-refractivity contribution >= 4 is 11.6 Å². The summed E-state index contributed by atoms with van der Waals surface area (Å²) in [6.07, 6.45) is 7.04. The molecule has 0 radical (unpaired) electrons. The first kappa shape index (κ1) is 9.97. The Morgan fingerprint density at radius 3 is 3.00 bits per heavy atom. The van der Waals surface area contributed by atoms with E-state index in [-0.39, 0.29) is 0 Å². The van der Waals surface area contributed by atoms with E-state index < -0.39 is 0 Å². The van der Waals surface area contributed by atoms with Gasteiger partial charge in [0, 0.05) is 6.04 Å². The Kier molecular flexibility index (Phi) is 3.06. The molecule has 1 saturated carbocycles. The summed E-state index contributed by atoms with van der Waals surface area (Å²) < 4.78 is 2.16. The summed E-state index contributed by atoms with van der Waals surface area (Å²) in [5.74, 6) is 2.09. The standard InChI is InChI=1S/C10H16ClN3/c1-8-4-2-3-5-9(8)14-7-12-13-10(14)6-11/h7-9H,2-6H2,1H3. The molecule has 4 heteroatoms. The lowest BCUT2D eigenvalue weighted by Gasteiger charge is -2.30. The van der Waals surface area contributed by atoms with Gasteiger partial charge in [-0.25, -0.2) is 0 Å². The summed E-state index contributed by atoms with van der Waals surface area (Å²) in [6.45, 7) is 2.31. The second kappa shape index (κ2) is 4.30. The minimum atomic E-state index is 0.462. The number of hydrogen-bond acceptors (Lipinski definition) is 2. The first-order valence-electron chi connectivity index (χ1n) is 5.27. The summed E-state index contributed by atoms with van der Waals surface area (Å²) in [7, 11) is 0. The van der Waals surface area contributed by atoms with Gasteiger partial charge in [0.05, 0.1) is 5.88 Å². The van der Waals surface area contributed by atoms with Crippen LogP contribution in [0.5, 0.6) is 0 Å². The predicted octanol–water partition coefficient (Wildman–Crippen LogP) is 2.77. The zero-order chi connectivity index (χ0) is 9.97. The van der Waals surface area contributed by atoms with E-state index in [1.165, 1.54) is 25.7 Å². The summed E-state index contributed by atoms with van der Waals surface area (Å²) in [4.78, 5) is 0. The van der Waals surface area contributed by atoms with Crippen molar-refractivity contribution in [3.63, 3.8) is 0 Å². The fourth-order valence-corrected chi connectivity index (χ4v) is 2.54. The van der Waals surface area contributed by atoms with E-state index >= 15 is 0 Å². The van der Waals surface area contributed by atoms with Crippen molar-refractivity contribution in [3.8, 4) is 0 Å². The van der Waals surface area contributed by atoms with Crippen LogP contribution in [0.2, 0.25) is 0 Å². The van der Waals surface area contributed by atoms with Gasteiger partial charge in [-0.1, -0.05) is 19.8 Å². The van der Waals surface area contributed by atoms with Crippen LogP contribution in [0.4, 0.5) is 0 Å². The van der Waals surface area contributed by atoms with Crippen molar-refractivity contribution in [2.45, 2.75) is 44.5 Å². The normalized spacial score (nSPS) is 27.9. The van der Waals surface area contributed by atoms with Crippen molar-refractivity contribution in [2.75, 3.05) is 0 Å². The monoisotopic (exact) mass is 213 g/mol. The Balaban J connectivity index is 2.20. The minimum absolute atomic E-state index is 0.462. The van der Waals surface area contributed by atoms with Crippen LogP contribution in [0.3, 0.4) is 0 Å². The molecule has 0 spiro atoms. The van der Waals surface area contributed by atoms with Crippen LogP contribution in [0, 0.1) is 5.92 Å². The van der Waals surface area contributed by atoms with Crippen LogP contribution in [0.1, 0.15) is 44.5 Å². The number of hydrogen-bond donors (Lipinski definition) is 0. The molecule has 0 bridgehead atoms. The Hall–Kier alpha value is -0.570. The van der Waals surface area contributed by atoms with Crippen molar-refractivity contribution in [3.05, 3.63) is 12.2 Å². The number of halogens is 1. The molecular formula is C10H16ClN3. The summed E-state index contributed by atoms with van der Waals surface area (Å²) in [6, 6.07) is 0.562. The molecule has 78 valence electrons. The zero-order valence-corrected chi connectivity index (χ0v) is 9.24. The van der Waals surface area contributed by atoms with Gasteiger partial charge in [0.1, 0.15) is 12.2 Å². The van der Waals surface area contributed by atoms with Gasteiger partial charge in [0.25, 0.3) is 0 Å². The van der Waals surface area contributed by atoms with Gasteiger partial charge in [-0.2, -0.15) is 0 Å². The summed E-state index contributed by atoms with van der Waals surface area (Å²) in [5.41, 5.74) is 0. The van der Waals surface area contributed by atoms with E-state index in [9.17, 15) is 0 Å². The van der Waals surface area contributed by atoms with Gasteiger partial charge in [-0.15, -0.1) is 21.8 Å². The number of nitrogens with zero attached hydrogens (tertiary/aromatic N) is 3. The maximum atomic E-state index is 5.82. The van der Waals surface area contributed by atoms with E-state index in [0.29, 0.717) is 11.9 Å². The van der Waals surface area contributed by atoms with Crippen LogP contribution in [-0.4, -0.2) is 14.8 Å². The van der Waals surface area contributed by atoms with Crippen molar-refractivity contribution in [1.82, 2.24) is 14.8 Å². The van der Waals surface area contributed by atoms with Crippen molar-refractivity contribution in [1.29, 1.82) is 0 Å². The van der Waals surface area contributed by atoms with E-state index in [1.807, 2.05) is 6.33 Å². The van der Waals surface area contributed by atoms with Gasteiger partial charge in [-0.05, 0) is 18.8 Å². The first-order valence-corrected chi connectivity index (χ1v) is 5.80. The Labute approximate surface area is 89.5 Å². The highest BCUT2D eigenvalue weighted by Gasteiger charge is 2.24. The molecule has 2 atom stereocenters. The highest BCUT2D eigenvalue weighted by Crippen LogP contribution is 2.33. The van der Waals surface area contributed by atoms with Gasteiger partial charge >= 0.3 is 0 Å². The molecule has 0 amide bonds. The molecule has 14 heavy (non-hydrogen) atoms. The quantitative estimate of drug-likeness (QED) is 0.708. The fraction of sp³-hybridized carbons (Fsp3) is 0.800. The molecule has 1 aromatic rings. The van der Waals surface area contributed by atoms with Crippen LogP contribution < -0.4 is 0 Å². The van der Waals surface area contributed by atoms with Crippen LogP contribution in [0.25, 0.3) is 0 Å². The molecule has 3 nitrogen and oxygen atoms in total. The molecule has 1 aliphatic rings. The SMILES string of the molecule is CC1CCCCC1n1cnnc1CCl. The van der Waals surface area contributed by atoms with Gasteiger partial charge in [-0.3, -0.25) is 0 Å². The zero-order valence-electron chi connectivity index (χ0n) is 8.49. The molecule has 2 rings (SSSR count). The molecule has 2 unspecified atom stereocenters. The van der Waals surface area contributed by atoms with Gasteiger partial charge in [0.2, 0.25) is 0 Å². The maximum absolute atomic E-state index is 5.82. The predicted molar refractivity (Wildman–Crippen MR) is 56.2 cm³/mol. The lowest BCUT2D eigenvalue weighted by Crippen LogP contribution is -2.21. The first-order chi connectivity index (χ1) is 6.83. The molecular weight excluding hydrogens is 198 g/mol. The van der Waals surface area contributed by atoms with Crippen molar-refractivity contribution in [2.24, 2.45) is 5.92 Å². The maximum Gasteiger partial charge on any atom is 0.148 e. The summed E-state index contributed by atoms with van der Waals surface area (Å²) >= 11 is 5.82. The fourth-order valence-electron chi connectivity index (χ4n) is 2.35. The third-order valence-electron chi connectivity index (χ3n) is 3.19. The second-order valence-corrected chi connectivity index (χ2v) is 4.38. The Morgan fingerprint density at radius 1 is 1.50 bits per heavy atom. The molecule has 0 aromatic carbocycles. The molecule has 1 fully saturated rings. The highest BCUT2D eigenvalue weighted by molar-refractivity contribution is 6.16. The Morgan fingerprint density at radius 2 is 2.29 bits per heavy atom. The average molecular weight is 214 g/mol. The van der Waals surface area contributed by atoms with E-state index in [4.69, 9.17) is 11.6 Å². The minimum Gasteiger partial charge on any atom is -0.313 e. The topological polar surface area (TPSA) is 30.7 Å². The molecule has 1 heterocycles. The van der Waals surface area contributed by atoms with Crippen LogP contribution in [0.15, 0.2) is 6.33 Å². The second-order valence-electron chi connectivity index (χ2n) is 4.12. The molecule has 1 aromatic heterocycles. The summed E-state index contributed by atoms with van der Waals surface area (Å²) in [5, 5.41) is 7.96. The lowest BCUT2D eigenvalue weighted by atomic mass is 9.86. The van der Waals surface area contributed by atoms with Crippen LogP contribution >= 0.6 is 11.6 Å². The molecule has 0 aliphatic heterocycles. The Bertz CT molecular complexity index is 297. The van der Waals surface area contributed by atoms with Crippen molar-refractivity contribution < 1.29 is 0 Å². The van der Waals surface area contributed by atoms with E-state index in [1.54, 1.807) is 0 Å². The van der Waals surface area contributed by atoms with E-state index in [2.05, 4.69) is 21.7 Å². The lowest BCUT2D eigenvalue weighted by molar-refractivity contribution is 0.253. The third kappa shape index (κ3) is 1.78. The number of alkyl halides is 1. The number of rotatable bonds is 2. The highest BCUT2D eigenvalue weighted by atomic mass is 35.5. The van der Waals surface area contributed by atoms with E-state index in [0.717, 1.165) is 11.7 Å². The molecule has 1 aliphatic carbocycles. The molecule has 0 saturated heterocycles. The largest absolute Gasteiger partial charge is 0.313 e. The van der Waals surface area contributed by atoms with Crippen LogP contribution in [-0.2, 0) is 5.88 Å². The smallest absolute Gasteiger partial charge is 0.148 e. The third-order valence-corrected chi connectivity index (χ3v) is 3.43. The average Bonchev–Trinajstić information content (AvgIpc) is 2.66. The number of aromatic nitrogens is 3. The molecule has 0 N–H and O–H groups in total. The van der Waals surface area contributed by atoms with Gasteiger partial charge in [0.15, 0.2) is 0 Å². The van der Waals surface area contributed by atoms with Gasteiger partial charge < -0.3 is 4.57 Å².